The summed E-state index contributed by atoms with van der Waals surface area (Å²) in [5.41, 5.74) is 8.71. The van der Waals surface area contributed by atoms with E-state index in [4.69, 9.17) is 5.73 Å². The second kappa shape index (κ2) is 5.00. The van der Waals surface area contributed by atoms with Crippen LogP contribution in [0.2, 0.25) is 0 Å². The van der Waals surface area contributed by atoms with Crippen LogP contribution < -0.4 is 5.73 Å². The molecule has 3 aromatic rings. The minimum atomic E-state index is 0.758. The average Bonchev–Trinajstić information content (AvgIpc) is 2.99. The van der Waals surface area contributed by atoms with E-state index in [1.807, 2.05) is 31.6 Å². The predicted molar refractivity (Wildman–Crippen MR) is 80.4 cm³/mol. The maximum atomic E-state index is 5.83. The molecule has 20 heavy (non-hydrogen) atoms. The van der Waals surface area contributed by atoms with Crippen molar-refractivity contribution in [3.63, 3.8) is 0 Å². The van der Waals surface area contributed by atoms with Crippen LogP contribution in [0.5, 0.6) is 0 Å². The molecule has 1 aromatic carbocycles. The third-order valence-corrected chi connectivity index (χ3v) is 3.65. The Hall–Kier alpha value is -2.30. The highest BCUT2D eigenvalue weighted by molar-refractivity contribution is 5.79. The Morgan fingerprint density at radius 2 is 2.10 bits per heavy atom. The normalized spacial score (nSPS) is 11.3. The Bertz CT molecular complexity index is 738. The van der Waals surface area contributed by atoms with Gasteiger partial charge in [-0.25, -0.2) is 9.97 Å². The number of aromatic nitrogens is 4. The molecule has 0 saturated carbocycles. The van der Waals surface area contributed by atoms with Gasteiger partial charge < -0.3 is 14.9 Å². The third-order valence-electron chi connectivity index (χ3n) is 3.65. The van der Waals surface area contributed by atoms with Crippen molar-refractivity contribution in [1.82, 2.24) is 19.1 Å². The quantitative estimate of drug-likeness (QED) is 0.738. The fraction of sp³-hybridized carbons (Fsp3) is 0.333. The lowest BCUT2D eigenvalue weighted by atomic mass is 10.2. The van der Waals surface area contributed by atoms with E-state index in [0.29, 0.717) is 0 Å². The number of nitrogens with zero attached hydrogens (tertiary/aromatic N) is 4. The van der Waals surface area contributed by atoms with Crippen LogP contribution in [0.4, 0.5) is 5.69 Å². The van der Waals surface area contributed by atoms with Crippen LogP contribution >= 0.6 is 0 Å². The zero-order valence-electron chi connectivity index (χ0n) is 11.9. The van der Waals surface area contributed by atoms with Crippen LogP contribution in [-0.4, -0.2) is 19.1 Å². The van der Waals surface area contributed by atoms with Gasteiger partial charge in [-0.1, -0.05) is 6.92 Å². The van der Waals surface area contributed by atoms with E-state index < -0.39 is 0 Å². The number of hydrogen-bond acceptors (Lipinski definition) is 3. The zero-order valence-corrected chi connectivity index (χ0v) is 11.9. The number of rotatable bonds is 4. The summed E-state index contributed by atoms with van der Waals surface area (Å²) in [6.07, 6.45) is 5.62. The van der Waals surface area contributed by atoms with Crippen molar-refractivity contribution in [3.8, 4) is 0 Å². The SMILES string of the molecule is CCc1nc2cc(N)ccc2n1CCc1nccn1C. The number of aryl methyl sites for hydroxylation is 4. The highest BCUT2D eigenvalue weighted by atomic mass is 15.1. The molecule has 0 spiro atoms. The Kier molecular flexibility index (Phi) is 3.18. The van der Waals surface area contributed by atoms with E-state index in [9.17, 15) is 0 Å². The monoisotopic (exact) mass is 269 g/mol. The molecule has 5 nitrogen and oxygen atoms in total. The first kappa shape index (κ1) is 12.7. The first-order valence-electron chi connectivity index (χ1n) is 6.90. The minimum absolute atomic E-state index is 0.758. The Labute approximate surface area is 118 Å². The standard InChI is InChI=1S/C15H19N5/c1-3-14-18-12-10-11(16)4-5-13(12)20(14)8-6-15-17-7-9-19(15)2/h4-5,7,9-10H,3,6,8,16H2,1-2H3. The first-order chi connectivity index (χ1) is 9.69. The van der Waals surface area contributed by atoms with Gasteiger partial charge in [0, 0.05) is 44.5 Å². The molecule has 0 radical (unpaired) electrons. The zero-order chi connectivity index (χ0) is 14.1. The Morgan fingerprint density at radius 3 is 2.80 bits per heavy atom. The van der Waals surface area contributed by atoms with E-state index in [-0.39, 0.29) is 0 Å². The second-order valence-electron chi connectivity index (χ2n) is 4.99. The van der Waals surface area contributed by atoms with Crippen molar-refractivity contribution in [1.29, 1.82) is 0 Å². The van der Waals surface area contributed by atoms with Crippen LogP contribution in [-0.2, 0) is 26.4 Å². The first-order valence-corrected chi connectivity index (χ1v) is 6.90. The molecule has 0 atom stereocenters. The topological polar surface area (TPSA) is 61.7 Å². The summed E-state index contributed by atoms with van der Waals surface area (Å²) in [5, 5.41) is 0. The van der Waals surface area contributed by atoms with E-state index in [2.05, 4.69) is 32.1 Å². The Balaban J connectivity index is 1.95. The number of fused-ring (bicyclic) bond motifs is 1. The molecule has 5 heteroatoms. The molecule has 2 N–H and O–H groups in total. The molecule has 2 heterocycles. The molecule has 0 saturated heterocycles. The van der Waals surface area contributed by atoms with E-state index in [1.54, 1.807) is 0 Å². The van der Waals surface area contributed by atoms with Gasteiger partial charge in [-0.2, -0.15) is 0 Å². The van der Waals surface area contributed by atoms with Crippen LogP contribution in [0.15, 0.2) is 30.6 Å². The molecular weight excluding hydrogens is 250 g/mol. The van der Waals surface area contributed by atoms with Gasteiger partial charge in [-0.15, -0.1) is 0 Å². The average molecular weight is 269 g/mol. The number of imidazole rings is 2. The van der Waals surface area contributed by atoms with E-state index >= 15 is 0 Å². The number of nitrogen functional groups attached to an aromatic ring is 1. The summed E-state index contributed by atoms with van der Waals surface area (Å²) in [6, 6.07) is 5.92. The molecule has 2 aromatic heterocycles. The largest absolute Gasteiger partial charge is 0.399 e. The summed E-state index contributed by atoms with van der Waals surface area (Å²) in [4.78, 5) is 9.04. The summed E-state index contributed by atoms with van der Waals surface area (Å²) in [6.45, 7) is 3.01. The van der Waals surface area contributed by atoms with Crippen LogP contribution in [0.3, 0.4) is 0 Å². The molecule has 0 aliphatic rings. The molecule has 0 aliphatic carbocycles. The van der Waals surface area contributed by atoms with Gasteiger partial charge in [0.1, 0.15) is 11.6 Å². The maximum Gasteiger partial charge on any atom is 0.110 e. The lowest BCUT2D eigenvalue weighted by Gasteiger charge is -2.08. The molecule has 0 bridgehead atoms. The van der Waals surface area contributed by atoms with E-state index in [0.717, 1.165) is 47.8 Å². The molecular formula is C15H19N5. The minimum Gasteiger partial charge on any atom is -0.399 e. The van der Waals surface area contributed by atoms with Gasteiger partial charge in [0.15, 0.2) is 0 Å². The highest BCUT2D eigenvalue weighted by Gasteiger charge is 2.10. The van der Waals surface area contributed by atoms with Gasteiger partial charge in [-0.3, -0.25) is 0 Å². The van der Waals surface area contributed by atoms with Crippen molar-refractivity contribution in [2.24, 2.45) is 7.05 Å². The van der Waals surface area contributed by atoms with Crippen LogP contribution in [0.1, 0.15) is 18.6 Å². The predicted octanol–water partition coefficient (Wildman–Crippen LogP) is 2.16. The fourth-order valence-corrected chi connectivity index (χ4v) is 2.57. The van der Waals surface area contributed by atoms with Crippen molar-refractivity contribution in [2.75, 3.05) is 5.73 Å². The van der Waals surface area contributed by atoms with Crippen molar-refractivity contribution in [2.45, 2.75) is 26.3 Å². The molecule has 0 unspecified atom stereocenters. The fourth-order valence-electron chi connectivity index (χ4n) is 2.57. The molecule has 0 aliphatic heterocycles. The molecule has 0 fully saturated rings. The van der Waals surface area contributed by atoms with E-state index in [1.165, 1.54) is 0 Å². The highest BCUT2D eigenvalue weighted by Crippen LogP contribution is 2.20. The number of benzene rings is 1. The lowest BCUT2D eigenvalue weighted by molar-refractivity contribution is 0.637. The van der Waals surface area contributed by atoms with Crippen molar-refractivity contribution < 1.29 is 0 Å². The second-order valence-corrected chi connectivity index (χ2v) is 4.99. The van der Waals surface area contributed by atoms with Gasteiger partial charge >= 0.3 is 0 Å². The number of hydrogen-bond donors (Lipinski definition) is 1. The summed E-state index contributed by atoms with van der Waals surface area (Å²) in [5.74, 6) is 2.18. The molecule has 0 amide bonds. The third kappa shape index (κ3) is 2.15. The van der Waals surface area contributed by atoms with Gasteiger partial charge in [-0.05, 0) is 18.2 Å². The lowest BCUT2D eigenvalue weighted by Crippen LogP contribution is -2.08. The Morgan fingerprint density at radius 1 is 1.25 bits per heavy atom. The summed E-state index contributed by atoms with van der Waals surface area (Å²) >= 11 is 0. The molecule has 104 valence electrons. The van der Waals surface area contributed by atoms with Crippen molar-refractivity contribution in [3.05, 3.63) is 42.2 Å². The summed E-state index contributed by atoms with van der Waals surface area (Å²) in [7, 11) is 2.02. The smallest absolute Gasteiger partial charge is 0.110 e. The van der Waals surface area contributed by atoms with Gasteiger partial charge in [0.2, 0.25) is 0 Å². The van der Waals surface area contributed by atoms with Crippen LogP contribution in [0.25, 0.3) is 11.0 Å². The summed E-state index contributed by atoms with van der Waals surface area (Å²) < 4.78 is 4.33. The molecule has 3 rings (SSSR count). The van der Waals surface area contributed by atoms with Gasteiger partial charge in [0.25, 0.3) is 0 Å². The van der Waals surface area contributed by atoms with Gasteiger partial charge in [0.05, 0.1) is 11.0 Å². The maximum absolute atomic E-state index is 5.83. The van der Waals surface area contributed by atoms with Crippen molar-refractivity contribution >= 4 is 16.7 Å². The number of anilines is 1. The van der Waals surface area contributed by atoms with Crippen LogP contribution in [0, 0.1) is 0 Å². The number of nitrogens with two attached hydrogens (primary N) is 1.